The topological polar surface area (TPSA) is 0 Å². The second-order valence-electron chi connectivity index (χ2n) is 21.2. The predicted octanol–water partition coefficient (Wildman–Crippen LogP) is 14.2. The first-order valence-corrected chi connectivity index (χ1v) is 23.6. The number of benzene rings is 6. The monoisotopic (exact) mass is 996 g/mol. The van der Waals surface area contributed by atoms with Crippen LogP contribution < -0.4 is 20.7 Å². The van der Waals surface area contributed by atoms with Crippen LogP contribution in [0.15, 0.2) is 158 Å². The van der Waals surface area contributed by atoms with Gasteiger partial charge < -0.3 is 14.9 Å². The zero-order valence-corrected chi connectivity index (χ0v) is 44.6. The maximum atomic E-state index is 2.57. The van der Waals surface area contributed by atoms with Crippen molar-refractivity contribution in [2.45, 2.75) is 105 Å². The fraction of sp³-hybridized carbons (Fsp3) is 0.267. The van der Waals surface area contributed by atoms with Crippen molar-refractivity contribution >= 4 is 50.4 Å². The van der Waals surface area contributed by atoms with Gasteiger partial charge in [-0.05, 0) is 65.4 Å². The molecule has 8 aromatic carbocycles. The van der Waals surface area contributed by atoms with Gasteiger partial charge in [0.05, 0.1) is 0 Å². The summed E-state index contributed by atoms with van der Waals surface area (Å²) in [7, 11) is -2.88. The van der Waals surface area contributed by atoms with E-state index in [1.165, 1.54) is 86.8 Å². The third-order valence-corrected chi connectivity index (χ3v) is 17.4. The quantitative estimate of drug-likeness (QED) is 0.115. The number of hydrogen-bond acceptors (Lipinski definition) is 0. The van der Waals surface area contributed by atoms with Crippen molar-refractivity contribution < 1.29 is 25.8 Å². The molecule has 0 nitrogen and oxygen atoms in total. The van der Waals surface area contributed by atoms with Crippen molar-refractivity contribution in [1.29, 1.82) is 0 Å². The Bertz CT molecular complexity index is 2520. The molecule has 0 atom stereocenters. The second-order valence-corrected chi connectivity index (χ2v) is 25.0. The molecule has 316 valence electrons. The van der Waals surface area contributed by atoms with E-state index in [0.717, 1.165) is 0 Å². The van der Waals surface area contributed by atoms with E-state index in [9.17, 15) is 0 Å². The van der Waals surface area contributed by atoms with E-state index in [-0.39, 0.29) is 62.4 Å². The first-order valence-electron chi connectivity index (χ1n) is 21.6. The Morgan fingerprint density at radius 3 is 0.952 bits per heavy atom. The molecule has 0 radical (unpaired) electrons. The van der Waals surface area contributed by atoms with Gasteiger partial charge in [0.2, 0.25) is 0 Å². The molecular formula is C60H68HfSi. The maximum Gasteiger partial charge on any atom is 4.00 e. The molecule has 0 aliphatic carbocycles. The molecule has 0 saturated heterocycles. The van der Waals surface area contributed by atoms with Crippen molar-refractivity contribution in [3.05, 3.63) is 195 Å². The van der Waals surface area contributed by atoms with E-state index < -0.39 is 8.07 Å². The van der Waals surface area contributed by atoms with E-state index in [0.29, 0.717) is 0 Å². The first kappa shape index (κ1) is 48.7. The number of fused-ring (bicyclic) bond motifs is 2. The summed E-state index contributed by atoms with van der Waals surface area (Å²) >= 11 is 0. The van der Waals surface area contributed by atoms with Crippen LogP contribution in [0.25, 0.3) is 43.8 Å². The largest absolute Gasteiger partial charge is 4.00 e. The van der Waals surface area contributed by atoms with E-state index in [2.05, 4.69) is 241 Å². The summed E-state index contributed by atoms with van der Waals surface area (Å²) in [6, 6.07) is 61.5. The smallest absolute Gasteiger partial charge is 0.358 e. The van der Waals surface area contributed by atoms with Crippen molar-refractivity contribution in [2.24, 2.45) is 0 Å². The van der Waals surface area contributed by atoms with Crippen LogP contribution in [0.5, 0.6) is 0 Å². The van der Waals surface area contributed by atoms with Gasteiger partial charge in [-0.15, -0.1) is 68.3 Å². The van der Waals surface area contributed by atoms with Crippen LogP contribution in [-0.4, -0.2) is 8.07 Å². The van der Waals surface area contributed by atoms with Crippen molar-refractivity contribution in [2.75, 3.05) is 0 Å². The summed E-state index contributed by atoms with van der Waals surface area (Å²) in [5.74, 6) is 0. The second kappa shape index (κ2) is 17.7. The van der Waals surface area contributed by atoms with Gasteiger partial charge in [0.25, 0.3) is 0 Å². The maximum absolute atomic E-state index is 2.88. The molecule has 2 heteroatoms. The van der Waals surface area contributed by atoms with E-state index in [1.54, 1.807) is 0 Å². The van der Waals surface area contributed by atoms with Crippen LogP contribution in [0.2, 0.25) is 0 Å². The van der Waals surface area contributed by atoms with Gasteiger partial charge >= 0.3 is 25.8 Å². The molecule has 0 aromatic heterocycles. The molecule has 0 fully saturated rings. The standard InChI is InChI=1S/C58H62Si.2CH3.Hf/c1-55(2,3)43-29-41(30-44(35-43)56(4,5)6)51-27-19-21-39-33-49(37-53(39)51)59(47-23-15-13-16-24-47,48-25-17-14-18-26-48)50-34-40-22-20-28-52(54(40)38-50)42-31-45(57(7,8)9)36-46(32-42)58(10,11)12;;;/h13-38H,1-12H3;2*1H3;/q-2;2*-1;+4. The number of rotatable bonds is 6. The van der Waals surface area contributed by atoms with Crippen LogP contribution in [0.1, 0.15) is 105 Å². The molecule has 0 aliphatic rings. The summed E-state index contributed by atoms with van der Waals surface area (Å²) in [4.78, 5) is 0. The van der Waals surface area contributed by atoms with Gasteiger partial charge in [0, 0.05) is 0 Å². The zero-order valence-electron chi connectivity index (χ0n) is 40.0. The molecule has 0 amide bonds. The average Bonchev–Trinajstić information content (AvgIpc) is 3.83. The zero-order chi connectivity index (χ0) is 42.1. The first-order chi connectivity index (χ1) is 27.7. The van der Waals surface area contributed by atoms with Crippen LogP contribution in [0.3, 0.4) is 0 Å². The Balaban J connectivity index is 0.00000242. The molecule has 0 heterocycles. The van der Waals surface area contributed by atoms with Crippen molar-refractivity contribution in [1.82, 2.24) is 0 Å². The van der Waals surface area contributed by atoms with Gasteiger partial charge in [-0.1, -0.05) is 203 Å². The summed E-state index contributed by atoms with van der Waals surface area (Å²) in [5.41, 5.74) is 10.8. The van der Waals surface area contributed by atoms with Gasteiger partial charge in [0.1, 0.15) is 8.07 Å². The molecule has 0 unspecified atom stereocenters. The van der Waals surface area contributed by atoms with E-state index in [1.807, 2.05) is 0 Å². The third kappa shape index (κ3) is 9.02. The van der Waals surface area contributed by atoms with Gasteiger partial charge in [-0.25, -0.2) is 0 Å². The molecule has 62 heavy (non-hydrogen) atoms. The van der Waals surface area contributed by atoms with Gasteiger partial charge in [-0.2, -0.15) is 12.1 Å². The fourth-order valence-electron chi connectivity index (χ4n) is 9.08. The minimum absolute atomic E-state index is 0. The minimum Gasteiger partial charge on any atom is -0.358 e. The SMILES string of the molecule is CC(C)(C)c1cc(-c2cccc3[cH-]c([Si](c4ccccc4)(c4ccccc4)c4cc5c(-c6cc(C(C)(C)C)cc(C(C)(C)C)c6)cccc5[cH-]4)cc23)cc(C(C)(C)C)c1.[CH3-].[CH3-].[Hf+4]. The Labute approximate surface area is 395 Å². The summed E-state index contributed by atoms with van der Waals surface area (Å²) < 4.78 is 0. The van der Waals surface area contributed by atoms with E-state index >= 15 is 0 Å². The fourth-order valence-corrected chi connectivity index (χ4v) is 13.9. The number of hydrogen-bond donors (Lipinski definition) is 0. The molecular weight excluding hydrogens is 927 g/mol. The van der Waals surface area contributed by atoms with Crippen LogP contribution in [-0.2, 0) is 47.5 Å². The normalized spacial score (nSPS) is 12.5. The Morgan fingerprint density at radius 2 is 0.661 bits per heavy atom. The Kier molecular flexibility index (Phi) is 13.9. The summed E-state index contributed by atoms with van der Waals surface area (Å²) in [6.45, 7) is 28.0. The Hall–Kier alpha value is -4.37. The molecule has 8 rings (SSSR count). The summed E-state index contributed by atoms with van der Waals surface area (Å²) in [6.07, 6.45) is 0. The van der Waals surface area contributed by atoms with E-state index in [4.69, 9.17) is 0 Å². The minimum atomic E-state index is -2.88. The third-order valence-electron chi connectivity index (χ3n) is 12.7. The molecule has 0 saturated carbocycles. The summed E-state index contributed by atoms with van der Waals surface area (Å²) in [5, 5.41) is 10.9. The van der Waals surface area contributed by atoms with Crippen LogP contribution in [0, 0.1) is 14.9 Å². The van der Waals surface area contributed by atoms with Crippen LogP contribution in [0.4, 0.5) is 0 Å². The van der Waals surface area contributed by atoms with Gasteiger partial charge in [-0.3, -0.25) is 0 Å². The van der Waals surface area contributed by atoms with Crippen molar-refractivity contribution in [3.63, 3.8) is 0 Å². The Morgan fingerprint density at radius 1 is 0.355 bits per heavy atom. The van der Waals surface area contributed by atoms with Gasteiger partial charge in [0.15, 0.2) is 0 Å². The molecule has 0 aliphatic heterocycles. The molecule has 8 aromatic rings. The molecule has 0 spiro atoms. The molecule has 0 bridgehead atoms. The molecule has 0 N–H and O–H groups in total. The van der Waals surface area contributed by atoms with Crippen LogP contribution >= 0.6 is 0 Å². The van der Waals surface area contributed by atoms with Crippen molar-refractivity contribution in [3.8, 4) is 22.3 Å². The average molecular weight is 996 g/mol. The predicted molar refractivity (Wildman–Crippen MR) is 275 cm³/mol.